The minimum Gasteiger partial charge on any atom is -0.477 e. The third kappa shape index (κ3) is 64.3. The highest BCUT2D eigenvalue weighted by Crippen LogP contribution is 2.18. The SMILES string of the molecule is CC/C=C\C/C=C\C/C=C\C/C=C\C/C=C\C/C=C\CCCCCCCCCCCCCCCCCCCCCCCCC(=O)OC(COC(=O)CCCCCCCCCCCCCCCCCC)COC(OCC[N+](C)(C)C)C(=O)O. The van der Waals surface area contributed by atoms with Gasteiger partial charge in [0.2, 0.25) is 0 Å². The topological polar surface area (TPSA) is 108 Å². The summed E-state index contributed by atoms with van der Waals surface area (Å²) in [5, 5.41) is 9.72. The number of hydrogen-bond donors (Lipinski definition) is 1. The van der Waals surface area contributed by atoms with Crippen LogP contribution in [0.5, 0.6) is 0 Å². The van der Waals surface area contributed by atoms with Crippen LogP contribution in [0.1, 0.15) is 316 Å². The summed E-state index contributed by atoms with van der Waals surface area (Å²) in [5.41, 5.74) is 0. The van der Waals surface area contributed by atoms with E-state index < -0.39 is 18.4 Å². The number of carbonyl (C=O) groups excluding carboxylic acids is 2. The lowest BCUT2D eigenvalue weighted by Gasteiger charge is -2.25. The van der Waals surface area contributed by atoms with Crippen molar-refractivity contribution in [3.8, 4) is 0 Å². The molecule has 0 aromatic heterocycles. The van der Waals surface area contributed by atoms with Crippen molar-refractivity contribution < 1.29 is 42.9 Å². The summed E-state index contributed by atoms with van der Waals surface area (Å²) in [4.78, 5) is 37.5. The third-order valence-electron chi connectivity index (χ3n) is 15.2. The number of rotatable bonds is 64. The predicted octanol–water partition coefficient (Wildman–Crippen LogP) is 21.3. The molecule has 0 aromatic rings. The molecule has 82 heavy (non-hydrogen) atoms. The van der Waals surface area contributed by atoms with Crippen LogP contribution < -0.4 is 0 Å². The van der Waals surface area contributed by atoms with Crippen LogP contribution in [0.4, 0.5) is 0 Å². The summed E-state index contributed by atoms with van der Waals surface area (Å²) in [7, 11) is 5.98. The lowest BCUT2D eigenvalue weighted by atomic mass is 10.0. The van der Waals surface area contributed by atoms with E-state index in [1.807, 2.05) is 21.1 Å². The molecule has 9 nitrogen and oxygen atoms in total. The van der Waals surface area contributed by atoms with Crippen molar-refractivity contribution in [1.29, 1.82) is 0 Å². The molecular formula is C73H132NO8+. The Kier molecular flexibility index (Phi) is 61.2. The van der Waals surface area contributed by atoms with Crippen LogP contribution in [-0.4, -0.2) is 87.4 Å². The molecule has 0 aliphatic rings. The average Bonchev–Trinajstić information content (AvgIpc) is 3.45. The van der Waals surface area contributed by atoms with Gasteiger partial charge in [-0.3, -0.25) is 9.59 Å². The summed E-state index contributed by atoms with van der Waals surface area (Å²) in [6.45, 7) is 4.81. The predicted molar refractivity (Wildman–Crippen MR) is 350 cm³/mol. The molecule has 9 heteroatoms. The minimum atomic E-state index is -1.51. The standard InChI is InChI=1S/C73H131NO8/c1-6-8-10-12-14-16-18-20-22-24-25-26-27-28-29-30-31-32-33-34-35-36-37-38-39-40-41-42-43-44-45-46-47-48-50-52-54-56-58-60-62-64-71(76)82-69(68-81-73(72(77)78)79-66-65-74(3,4)5)67-80-70(75)63-61-59-57-55-53-51-49-23-21-19-17-15-13-11-9-7-2/h8,10,14,16,20,22,25-26,28-29,31-32,69,73H,6-7,9,11-13,15,17-19,21,23-24,27,30,33-68H2,1-5H3/p+1/b10-8-,16-14-,22-20-,26-25-,29-28-,32-31-. The van der Waals surface area contributed by atoms with Crippen LogP contribution >= 0.6 is 0 Å². The number of esters is 2. The van der Waals surface area contributed by atoms with Gasteiger partial charge in [-0.25, -0.2) is 4.79 Å². The molecule has 0 rings (SSSR count). The number of quaternary nitrogens is 1. The Balaban J connectivity index is 3.96. The van der Waals surface area contributed by atoms with Gasteiger partial charge >= 0.3 is 17.9 Å². The van der Waals surface area contributed by atoms with Crippen molar-refractivity contribution in [2.24, 2.45) is 0 Å². The maximum atomic E-state index is 12.9. The first-order valence-corrected chi connectivity index (χ1v) is 34.6. The number of aliphatic carboxylic acids is 1. The zero-order valence-corrected chi connectivity index (χ0v) is 54.4. The quantitative estimate of drug-likeness (QED) is 0.0211. The number of hydrogen-bond acceptors (Lipinski definition) is 7. The largest absolute Gasteiger partial charge is 0.477 e. The van der Waals surface area contributed by atoms with Crippen LogP contribution in [0.3, 0.4) is 0 Å². The molecule has 1 N–H and O–H groups in total. The molecule has 0 amide bonds. The maximum Gasteiger partial charge on any atom is 0.361 e. The van der Waals surface area contributed by atoms with E-state index in [4.69, 9.17) is 18.9 Å². The Bertz CT molecular complexity index is 1570. The summed E-state index contributed by atoms with van der Waals surface area (Å²) in [6.07, 6.45) is 81.7. The second-order valence-electron chi connectivity index (χ2n) is 24.5. The van der Waals surface area contributed by atoms with E-state index in [1.165, 1.54) is 212 Å². The number of allylic oxidation sites excluding steroid dienone is 12. The summed E-state index contributed by atoms with van der Waals surface area (Å²) in [5.74, 6) is -1.98. The van der Waals surface area contributed by atoms with Crippen molar-refractivity contribution in [2.75, 3.05) is 47.5 Å². The maximum absolute atomic E-state index is 12.9. The molecule has 0 fully saturated rings. The van der Waals surface area contributed by atoms with Gasteiger partial charge in [-0.2, -0.15) is 0 Å². The van der Waals surface area contributed by atoms with Gasteiger partial charge in [0.25, 0.3) is 6.29 Å². The molecule has 0 saturated heterocycles. The highest BCUT2D eigenvalue weighted by molar-refractivity contribution is 5.71. The summed E-state index contributed by atoms with van der Waals surface area (Å²) in [6, 6.07) is 0. The number of ether oxygens (including phenoxy) is 4. The lowest BCUT2D eigenvalue weighted by molar-refractivity contribution is -0.870. The monoisotopic (exact) mass is 1150 g/mol. The second kappa shape index (κ2) is 63.7. The van der Waals surface area contributed by atoms with Crippen molar-refractivity contribution >= 4 is 17.9 Å². The molecule has 2 unspecified atom stereocenters. The molecule has 0 heterocycles. The Hall–Kier alpha value is -3.27. The van der Waals surface area contributed by atoms with Gasteiger partial charge in [-0.15, -0.1) is 0 Å². The molecule has 0 aliphatic heterocycles. The van der Waals surface area contributed by atoms with Crippen molar-refractivity contribution in [1.82, 2.24) is 0 Å². The van der Waals surface area contributed by atoms with Crippen molar-refractivity contribution in [2.45, 2.75) is 328 Å². The van der Waals surface area contributed by atoms with E-state index in [1.54, 1.807) is 0 Å². The van der Waals surface area contributed by atoms with Gasteiger partial charge in [0.05, 0.1) is 34.4 Å². The van der Waals surface area contributed by atoms with E-state index in [0.717, 1.165) is 77.0 Å². The van der Waals surface area contributed by atoms with Gasteiger partial charge in [-0.05, 0) is 64.2 Å². The fourth-order valence-electron chi connectivity index (χ4n) is 9.96. The molecule has 2 atom stereocenters. The average molecular weight is 1150 g/mol. The van der Waals surface area contributed by atoms with Crippen LogP contribution in [0.2, 0.25) is 0 Å². The van der Waals surface area contributed by atoms with Gasteiger partial charge in [0, 0.05) is 12.8 Å². The van der Waals surface area contributed by atoms with E-state index >= 15 is 0 Å². The zero-order chi connectivity index (χ0) is 59.8. The molecule has 0 aliphatic carbocycles. The van der Waals surface area contributed by atoms with Crippen LogP contribution in [0, 0.1) is 0 Å². The smallest absolute Gasteiger partial charge is 0.361 e. The Morgan fingerprint density at radius 3 is 1.04 bits per heavy atom. The van der Waals surface area contributed by atoms with Gasteiger partial charge in [0.1, 0.15) is 13.2 Å². The molecular weight excluding hydrogens is 1020 g/mol. The van der Waals surface area contributed by atoms with Gasteiger partial charge in [0.15, 0.2) is 6.10 Å². The Morgan fingerprint density at radius 2 is 0.695 bits per heavy atom. The number of unbranched alkanes of at least 4 members (excludes halogenated alkanes) is 37. The lowest BCUT2D eigenvalue weighted by Crippen LogP contribution is -2.40. The fourth-order valence-corrected chi connectivity index (χ4v) is 9.96. The summed E-state index contributed by atoms with van der Waals surface area (Å²) < 4.78 is 23.0. The normalized spacial score (nSPS) is 13.1. The molecule has 0 saturated carbocycles. The van der Waals surface area contributed by atoms with E-state index in [9.17, 15) is 19.5 Å². The highest BCUT2D eigenvalue weighted by Gasteiger charge is 2.25. The molecule has 0 bridgehead atoms. The first kappa shape index (κ1) is 78.7. The zero-order valence-electron chi connectivity index (χ0n) is 54.4. The second-order valence-corrected chi connectivity index (χ2v) is 24.5. The number of carboxylic acid groups (broad SMARTS) is 1. The van der Waals surface area contributed by atoms with Crippen molar-refractivity contribution in [3.63, 3.8) is 0 Å². The third-order valence-corrected chi connectivity index (χ3v) is 15.2. The number of nitrogens with zero attached hydrogens (tertiary/aromatic N) is 1. The van der Waals surface area contributed by atoms with Gasteiger partial charge in [-0.1, -0.05) is 311 Å². The van der Waals surface area contributed by atoms with Crippen LogP contribution in [0.15, 0.2) is 72.9 Å². The van der Waals surface area contributed by atoms with Crippen LogP contribution in [-0.2, 0) is 33.3 Å². The number of likely N-dealkylation sites (N-methyl/N-ethyl adjacent to an activating group) is 1. The number of carboxylic acids is 1. The molecule has 476 valence electrons. The Morgan fingerprint density at radius 1 is 0.378 bits per heavy atom. The molecule has 0 aromatic carbocycles. The van der Waals surface area contributed by atoms with Crippen LogP contribution in [0.25, 0.3) is 0 Å². The molecule has 0 spiro atoms. The van der Waals surface area contributed by atoms with E-state index in [-0.39, 0.29) is 38.2 Å². The highest BCUT2D eigenvalue weighted by atomic mass is 16.7. The fraction of sp³-hybridized carbons (Fsp3) is 0.795. The van der Waals surface area contributed by atoms with Gasteiger partial charge < -0.3 is 28.5 Å². The first-order valence-electron chi connectivity index (χ1n) is 34.6. The minimum absolute atomic E-state index is 0.177. The number of carbonyl (C=O) groups is 3. The summed E-state index contributed by atoms with van der Waals surface area (Å²) >= 11 is 0. The Labute approximate surface area is 507 Å². The first-order chi connectivity index (χ1) is 40.1. The molecule has 0 radical (unpaired) electrons. The van der Waals surface area contributed by atoms with Crippen molar-refractivity contribution in [3.05, 3.63) is 72.9 Å². The van der Waals surface area contributed by atoms with E-state index in [2.05, 4.69) is 86.8 Å². The van der Waals surface area contributed by atoms with E-state index in [0.29, 0.717) is 17.4 Å².